The molecule has 40 heavy (non-hydrogen) atoms. The lowest BCUT2D eigenvalue weighted by Gasteiger charge is -2.31. The first-order valence-electron chi connectivity index (χ1n) is 12.7. The van der Waals surface area contributed by atoms with Crippen molar-refractivity contribution in [3.63, 3.8) is 0 Å². The van der Waals surface area contributed by atoms with Crippen LogP contribution >= 0.6 is 0 Å². The maximum atomic E-state index is 13.5. The second-order valence-electron chi connectivity index (χ2n) is 9.18. The number of cyclic esters (lactones) is 1. The number of aromatic nitrogens is 1. The maximum Gasteiger partial charge on any atom is 0.329 e. The van der Waals surface area contributed by atoms with Gasteiger partial charge in [-0.1, -0.05) is 0 Å². The number of esters is 1. The van der Waals surface area contributed by atoms with E-state index in [0.717, 1.165) is 0 Å². The van der Waals surface area contributed by atoms with E-state index in [9.17, 15) is 19.1 Å². The SMILES string of the molecule is COc1ccc(O[C@H]2CCC[C@H](NC(=O)c3nccc(OC)c3O)C(=O)O[C@@H](C)[C@@H]2Oc2ccc(F)cc2)cc1. The Hall–Kier alpha value is -4.54. The minimum atomic E-state index is -1.02. The highest BCUT2D eigenvalue weighted by molar-refractivity contribution is 5.97. The number of carbonyl (C=O) groups is 2. The number of rotatable bonds is 8. The summed E-state index contributed by atoms with van der Waals surface area (Å²) in [7, 11) is 2.92. The Morgan fingerprint density at radius 1 is 0.975 bits per heavy atom. The monoisotopic (exact) mass is 554 g/mol. The Labute approximate surface area is 231 Å². The van der Waals surface area contributed by atoms with E-state index in [1.54, 1.807) is 38.3 Å². The van der Waals surface area contributed by atoms with Crippen molar-refractivity contribution in [3.8, 4) is 28.7 Å². The van der Waals surface area contributed by atoms with Crippen LogP contribution in [0, 0.1) is 5.82 Å². The van der Waals surface area contributed by atoms with Gasteiger partial charge in [-0.3, -0.25) is 4.79 Å². The third-order valence-corrected chi connectivity index (χ3v) is 6.46. The van der Waals surface area contributed by atoms with Gasteiger partial charge in [0.1, 0.15) is 41.3 Å². The first-order chi connectivity index (χ1) is 19.3. The van der Waals surface area contributed by atoms with Gasteiger partial charge in [0.15, 0.2) is 23.3 Å². The molecular weight excluding hydrogens is 523 g/mol. The molecular formula is C29H31FN2O8. The summed E-state index contributed by atoms with van der Waals surface area (Å²) in [5.74, 6) is -0.613. The molecule has 0 radical (unpaired) electrons. The van der Waals surface area contributed by atoms with Gasteiger partial charge in [0.05, 0.1) is 14.2 Å². The second-order valence-corrected chi connectivity index (χ2v) is 9.18. The van der Waals surface area contributed by atoms with Crippen LogP contribution in [0.1, 0.15) is 36.7 Å². The molecule has 1 fully saturated rings. The number of benzene rings is 2. The van der Waals surface area contributed by atoms with Crippen LogP contribution in [0.3, 0.4) is 0 Å². The van der Waals surface area contributed by atoms with Crippen molar-refractivity contribution < 1.29 is 42.8 Å². The third kappa shape index (κ3) is 6.90. The van der Waals surface area contributed by atoms with Gasteiger partial charge in [0.25, 0.3) is 5.91 Å². The molecule has 0 unspecified atom stereocenters. The first kappa shape index (κ1) is 28.5. The Morgan fingerprint density at radius 2 is 1.62 bits per heavy atom. The predicted octanol–water partition coefficient (Wildman–Crippen LogP) is 4.05. The molecule has 1 aliphatic rings. The average molecular weight is 555 g/mol. The number of nitrogens with zero attached hydrogens (tertiary/aromatic N) is 1. The zero-order chi connectivity index (χ0) is 28.6. The standard InChI is InChI=1S/C29H31FN2O8/c1-17-27(40-21-9-7-18(30)8-10-21)24(39-20-13-11-19(36-2)12-14-20)6-4-5-22(29(35)38-17)32-28(34)25-26(33)23(37-3)15-16-31-25/h7-17,22,24,27,33H,4-6H2,1-3H3,(H,32,34)/t17-,22-,24-,27-/m0/s1. The summed E-state index contributed by atoms with van der Waals surface area (Å²) < 4.78 is 42.0. The van der Waals surface area contributed by atoms with Crippen LogP contribution in [0.15, 0.2) is 60.8 Å². The fourth-order valence-electron chi connectivity index (χ4n) is 4.36. The molecule has 2 N–H and O–H groups in total. The molecule has 11 heteroatoms. The van der Waals surface area contributed by atoms with Gasteiger partial charge in [-0.2, -0.15) is 0 Å². The van der Waals surface area contributed by atoms with E-state index in [1.807, 2.05) is 0 Å². The Bertz CT molecular complexity index is 1300. The van der Waals surface area contributed by atoms with Crippen molar-refractivity contribution in [2.45, 2.75) is 50.5 Å². The van der Waals surface area contributed by atoms with E-state index in [-0.39, 0.29) is 17.9 Å². The van der Waals surface area contributed by atoms with Gasteiger partial charge >= 0.3 is 5.97 Å². The number of aromatic hydroxyl groups is 1. The third-order valence-electron chi connectivity index (χ3n) is 6.46. The van der Waals surface area contributed by atoms with Gasteiger partial charge in [-0.15, -0.1) is 0 Å². The first-order valence-corrected chi connectivity index (χ1v) is 12.7. The Kier molecular flexibility index (Phi) is 9.26. The number of hydrogen-bond acceptors (Lipinski definition) is 9. The van der Waals surface area contributed by atoms with Crippen molar-refractivity contribution in [2.75, 3.05) is 14.2 Å². The summed E-state index contributed by atoms with van der Waals surface area (Å²) in [6.45, 7) is 1.66. The number of ether oxygens (including phenoxy) is 5. The molecule has 2 heterocycles. The van der Waals surface area contributed by atoms with Gasteiger partial charge in [0, 0.05) is 12.3 Å². The maximum absolute atomic E-state index is 13.5. The molecule has 0 aliphatic carbocycles. The molecule has 4 atom stereocenters. The number of amides is 1. The van der Waals surface area contributed by atoms with E-state index in [1.165, 1.54) is 43.6 Å². The zero-order valence-electron chi connectivity index (χ0n) is 22.3. The molecule has 0 spiro atoms. The number of nitrogens with one attached hydrogen (secondary N) is 1. The summed E-state index contributed by atoms with van der Waals surface area (Å²) in [6, 6.07) is 12.9. The van der Waals surface area contributed by atoms with Gasteiger partial charge in [-0.25, -0.2) is 14.2 Å². The lowest BCUT2D eigenvalue weighted by atomic mass is 10.0. The van der Waals surface area contributed by atoms with E-state index < -0.39 is 47.8 Å². The summed E-state index contributed by atoms with van der Waals surface area (Å²) in [4.78, 5) is 30.0. The molecule has 3 aromatic rings. The van der Waals surface area contributed by atoms with Crippen LogP contribution in [-0.4, -0.2) is 60.5 Å². The fraction of sp³-hybridized carbons (Fsp3) is 0.345. The summed E-state index contributed by atoms with van der Waals surface area (Å²) in [5, 5.41) is 12.9. The number of carbonyl (C=O) groups excluding carboxylic acids is 2. The van der Waals surface area contributed by atoms with Gasteiger partial charge < -0.3 is 34.1 Å². The van der Waals surface area contributed by atoms with Crippen LogP contribution in [0.5, 0.6) is 28.7 Å². The van der Waals surface area contributed by atoms with Crippen LogP contribution in [0.4, 0.5) is 4.39 Å². The number of methoxy groups -OCH3 is 2. The molecule has 1 amide bonds. The molecule has 0 saturated carbocycles. The van der Waals surface area contributed by atoms with Crippen molar-refractivity contribution in [3.05, 3.63) is 72.3 Å². The second kappa shape index (κ2) is 13.0. The van der Waals surface area contributed by atoms with E-state index in [0.29, 0.717) is 30.1 Å². The topological polar surface area (TPSA) is 125 Å². The molecule has 4 rings (SSSR count). The number of halogens is 1. The highest BCUT2D eigenvalue weighted by Gasteiger charge is 2.37. The molecule has 1 aromatic heterocycles. The number of pyridine rings is 1. The lowest BCUT2D eigenvalue weighted by Crippen LogP contribution is -2.47. The smallest absolute Gasteiger partial charge is 0.329 e. The minimum Gasteiger partial charge on any atom is -0.503 e. The summed E-state index contributed by atoms with van der Waals surface area (Å²) in [6.07, 6.45) is 0.280. The minimum absolute atomic E-state index is 0.0742. The molecule has 0 bridgehead atoms. The largest absolute Gasteiger partial charge is 0.503 e. The van der Waals surface area contributed by atoms with E-state index >= 15 is 0 Å². The lowest BCUT2D eigenvalue weighted by molar-refractivity contribution is -0.157. The molecule has 1 saturated heterocycles. The van der Waals surface area contributed by atoms with E-state index in [2.05, 4.69) is 10.3 Å². The van der Waals surface area contributed by atoms with Crippen LogP contribution in [0.2, 0.25) is 0 Å². The highest BCUT2D eigenvalue weighted by atomic mass is 19.1. The van der Waals surface area contributed by atoms with Crippen LogP contribution in [0.25, 0.3) is 0 Å². The van der Waals surface area contributed by atoms with Crippen molar-refractivity contribution in [1.29, 1.82) is 0 Å². The summed E-state index contributed by atoms with van der Waals surface area (Å²) >= 11 is 0. The van der Waals surface area contributed by atoms with Gasteiger partial charge in [-0.05, 0) is 74.7 Å². The van der Waals surface area contributed by atoms with Crippen molar-refractivity contribution in [2.24, 2.45) is 0 Å². The fourth-order valence-corrected chi connectivity index (χ4v) is 4.36. The quantitative estimate of drug-likeness (QED) is 0.397. The van der Waals surface area contributed by atoms with Crippen molar-refractivity contribution in [1.82, 2.24) is 10.3 Å². The predicted molar refractivity (Wildman–Crippen MR) is 141 cm³/mol. The summed E-state index contributed by atoms with van der Waals surface area (Å²) in [5.41, 5.74) is -0.279. The highest BCUT2D eigenvalue weighted by Crippen LogP contribution is 2.29. The van der Waals surface area contributed by atoms with E-state index in [4.69, 9.17) is 23.7 Å². The molecule has 2 aromatic carbocycles. The van der Waals surface area contributed by atoms with Crippen LogP contribution in [-0.2, 0) is 9.53 Å². The normalized spacial score (nSPS) is 21.1. The molecule has 1 aliphatic heterocycles. The van der Waals surface area contributed by atoms with Gasteiger partial charge in [0.2, 0.25) is 0 Å². The molecule has 10 nitrogen and oxygen atoms in total. The van der Waals surface area contributed by atoms with Crippen molar-refractivity contribution >= 4 is 11.9 Å². The van der Waals surface area contributed by atoms with Crippen LogP contribution < -0.4 is 24.3 Å². The number of hydrogen-bond donors (Lipinski definition) is 2. The Balaban J connectivity index is 1.56. The zero-order valence-corrected chi connectivity index (χ0v) is 22.3. The Morgan fingerprint density at radius 3 is 2.30 bits per heavy atom. The average Bonchev–Trinajstić information content (AvgIpc) is 3.00. The molecule has 212 valence electrons.